The van der Waals surface area contributed by atoms with E-state index in [1.54, 1.807) is 6.07 Å². The molecule has 0 atom stereocenters. The summed E-state index contributed by atoms with van der Waals surface area (Å²) >= 11 is 0. The second-order valence-electron chi connectivity index (χ2n) is 2.93. The first kappa shape index (κ1) is 8.50. The van der Waals surface area contributed by atoms with Crippen LogP contribution in [0, 0.1) is 0 Å². The molecule has 14 heavy (non-hydrogen) atoms. The molecular formula is C10H10N4. The number of hydrogen-bond donors (Lipinski definition) is 2. The van der Waals surface area contributed by atoms with Gasteiger partial charge >= 0.3 is 0 Å². The van der Waals surface area contributed by atoms with Gasteiger partial charge < -0.3 is 11.5 Å². The molecule has 1 aromatic heterocycles. The molecule has 0 bridgehead atoms. The smallest absolute Gasteiger partial charge is 0.154 e. The van der Waals surface area contributed by atoms with E-state index in [1.807, 2.05) is 30.3 Å². The van der Waals surface area contributed by atoms with Gasteiger partial charge in [0.1, 0.15) is 5.82 Å². The van der Waals surface area contributed by atoms with Crippen LogP contribution in [-0.2, 0) is 0 Å². The summed E-state index contributed by atoms with van der Waals surface area (Å²) < 4.78 is 0. The lowest BCUT2D eigenvalue weighted by Gasteiger charge is -2.04. The van der Waals surface area contributed by atoms with Crippen LogP contribution in [0.3, 0.4) is 0 Å². The Hall–Kier alpha value is -2.10. The van der Waals surface area contributed by atoms with Gasteiger partial charge in [-0.1, -0.05) is 30.3 Å². The number of hydrogen-bond acceptors (Lipinski definition) is 4. The average Bonchev–Trinajstić information content (AvgIpc) is 2.23. The largest absolute Gasteiger partial charge is 0.382 e. The van der Waals surface area contributed by atoms with Crippen molar-refractivity contribution in [2.24, 2.45) is 0 Å². The molecule has 0 aliphatic rings. The molecule has 4 N–H and O–H groups in total. The molecule has 0 aliphatic carbocycles. The lowest BCUT2D eigenvalue weighted by Crippen LogP contribution is -2.00. The Morgan fingerprint density at radius 2 is 1.64 bits per heavy atom. The molecule has 0 radical (unpaired) electrons. The third kappa shape index (κ3) is 1.50. The van der Waals surface area contributed by atoms with E-state index < -0.39 is 0 Å². The Balaban J connectivity index is 2.57. The number of nitrogens with zero attached hydrogens (tertiary/aromatic N) is 2. The average molecular weight is 186 g/mol. The van der Waals surface area contributed by atoms with Gasteiger partial charge in [0.05, 0.1) is 0 Å². The first-order valence-electron chi connectivity index (χ1n) is 4.21. The molecule has 4 heteroatoms. The molecule has 2 aromatic rings. The molecule has 0 saturated heterocycles. The van der Waals surface area contributed by atoms with Gasteiger partial charge in [0.15, 0.2) is 5.82 Å². The second-order valence-corrected chi connectivity index (χ2v) is 2.93. The van der Waals surface area contributed by atoms with Crippen LogP contribution in [0.25, 0.3) is 11.1 Å². The van der Waals surface area contributed by atoms with Crippen LogP contribution < -0.4 is 11.5 Å². The maximum absolute atomic E-state index is 5.69. The van der Waals surface area contributed by atoms with Crippen molar-refractivity contribution in [3.8, 4) is 11.1 Å². The van der Waals surface area contributed by atoms with Crippen molar-refractivity contribution in [1.29, 1.82) is 0 Å². The molecule has 1 heterocycles. The monoisotopic (exact) mass is 186 g/mol. The highest BCUT2D eigenvalue weighted by atomic mass is 15.2. The molecule has 4 nitrogen and oxygen atoms in total. The third-order valence-electron chi connectivity index (χ3n) is 1.93. The van der Waals surface area contributed by atoms with Gasteiger partial charge in [-0.25, -0.2) is 0 Å². The van der Waals surface area contributed by atoms with Gasteiger partial charge in [0.2, 0.25) is 0 Å². The van der Waals surface area contributed by atoms with Crippen molar-refractivity contribution in [3.05, 3.63) is 36.4 Å². The SMILES string of the molecule is Nc1cc(-c2ccccc2)c(N)nn1. The van der Waals surface area contributed by atoms with Gasteiger partial charge in [0, 0.05) is 5.56 Å². The van der Waals surface area contributed by atoms with Crippen LogP contribution in [-0.4, -0.2) is 10.2 Å². The lowest BCUT2D eigenvalue weighted by molar-refractivity contribution is 1.05. The minimum atomic E-state index is 0.373. The van der Waals surface area contributed by atoms with E-state index in [1.165, 1.54) is 0 Å². The van der Waals surface area contributed by atoms with E-state index in [0.717, 1.165) is 11.1 Å². The summed E-state index contributed by atoms with van der Waals surface area (Å²) in [4.78, 5) is 0. The van der Waals surface area contributed by atoms with Crippen LogP contribution >= 0.6 is 0 Å². The second kappa shape index (κ2) is 3.33. The molecule has 2 rings (SSSR count). The quantitative estimate of drug-likeness (QED) is 0.703. The molecule has 0 amide bonds. The summed E-state index contributed by atoms with van der Waals surface area (Å²) in [7, 11) is 0. The van der Waals surface area contributed by atoms with Crippen molar-refractivity contribution in [2.45, 2.75) is 0 Å². The van der Waals surface area contributed by atoms with Crippen molar-refractivity contribution in [1.82, 2.24) is 10.2 Å². The lowest BCUT2D eigenvalue weighted by atomic mass is 10.1. The van der Waals surface area contributed by atoms with Crippen molar-refractivity contribution in [3.63, 3.8) is 0 Å². The van der Waals surface area contributed by atoms with Crippen molar-refractivity contribution < 1.29 is 0 Å². The fraction of sp³-hybridized carbons (Fsp3) is 0. The maximum Gasteiger partial charge on any atom is 0.154 e. The molecule has 0 saturated carbocycles. The van der Waals surface area contributed by atoms with Crippen LogP contribution in [0.4, 0.5) is 11.6 Å². The Labute approximate surface area is 81.6 Å². The zero-order valence-electron chi connectivity index (χ0n) is 7.51. The summed E-state index contributed by atoms with van der Waals surface area (Å²) in [5.41, 5.74) is 13.0. The van der Waals surface area contributed by atoms with Gasteiger partial charge in [-0.2, -0.15) is 0 Å². The highest BCUT2D eigenvalue weighted by Gasteiger charge is 2.03. The summed E-state index contributed by atoms with van der Waals surface area (Å²) in [6, 6.07) is 11.4. The van der Waals surface area contributed by atoms with E-state index in [9.17, 15) is 0 Å². The molecule has 0 spiro atoms. The summed E-state index contributed by atoms with van der Waals surface area (Å²) in [6.07, 6.45) is 0. The fourth-order valence-corrected chi connectivity index (χ4v) is 1.27. The summed E-state index contributed by atoms with van der Waals surface area (Å²) in [5, 5.41) is 7.43. The number of nitrogens with two attached hydrogens (primary N) is 2. The van der Waals surface area contributed by atoms with Crippen LogP contribution in [0.5, 0.6) is 0 Å². The molecular weight excluding hydrogens is 176 g/mol. The minimum Gasteiger partial charge on any atom is -0.382 e. The number of aromatic nitrogens is 2. The number of rotatable bonds is 1. The van der Waals surface area contributed by atoms with E-state index in [4.69, 9.17) is 11.5 Å². The standard InChI is InChI=1S/C10H10N4/c11-9-6-8(10(12)14-13-9)7-4-2-1-3-5-7/h1-6H,(H2,11,13)(H2,12,14). The zero-order valence-corrected chi connectivity index (χ0v) is 7.51. The molecule has 0 unspecified atom stereocenters. The fourth-order valence-electron chi connectivity index (χ4n) is 1.27. The predicted molar refractivity (Wildman–Crippen MR) is 56.3 cm³/mol. The predicted octanol–water partition coefficient (Wildman–Crippen LogP) is 1.31. The molecule has 0 aliphatic heterocycles. The Bertz CT molecular complexity index is 439. The number of nitrogen functional groups attached to an aromatic ring is 2. The van der Waals surface area contributed by atoms with Crippen LogP contribution in [0.1, 0.15) is 0 Å². The number of benzene rings is 1. The topological polar surface area (TPSA) is 77.8 Å². The summed E-state index contributed by atoms with van der Waals surface area (Å²) in [5.74, 6) is 0.767. The first-order valence-corrected chi connectivity index (χ1v) is 4.21. The van der Waals surface area contributed by atoms with Crippen molar-refractivity contribution in [2.75, 3.05) is 11.5 Å². The van der Waals surface area contributed by atoms with Crippen LogP contribution in [0.15, 0.2) is 36.4 Å². The van der Waals surface area contributed by atoms with Gasteiger partial charge in [-0.3, -0.25) is 0 Å². The molecule has 1 aromatic carbocycles. The number of anilines is 2. The summed E-state index contributed by atoms with van der Waals surface area (Å²) in [6.45, 7) is 0. The third-order valence-corrected chi connectivity index (χ3v) is 1.93. The highest BCUT2D eigenvalue weighted by molar-refractivity contribution is 5.74. The maximum atomic E-state index is 5.69. The minimum absolute atomic E-state index is 0.373. The van der Waals surface area contributed by atoms with E-state index in [0.29, 0.717) is 11.6 Å². The zero-order chi connectivity index (χ0) is 9.97. The van der Waals surface area contributed by atoms with E-state index >= 15 is 0 Å². The van der Waals surface area contributed by atoms with Gasteiger partial charge in [0.25, 0.3) is 0 Å². The first-order chi connectivity index (χ1) is 6.77. The normalized spacial score (nSPS) is 10.0. The van der Waals surface area contributed by atoms with Gasteiger partial charge in [-0.05, 0) is 11.6 Å². The Kier molecular flexibility index (Phi) is 2.02. The van der Waals surface area contributed by atoms with Crippen LogP contribution in [0.2, 0.25) is 0 Å². The van der Waals surface area contributed by atoms with E-state index in [2.05, 4.69) is 10.2 Å². The highest BCUT2D eigenvalue weighted by Crippen LogP contribution is 2.24. The van der Waals surface area contributed by atoms with Crippen molar-refractivity contribution >= 4 is 11.6 Å². The molecule has 70 valence electrons. The van der Waals surface area contributed by atoms with E-state index in [-0.39, 0.29) is 0 Å². The molecule has 0 fully saturated rings. The van der Waals surface area contributed by atoms with Gasteiger partial charge in [-0.15, -0.1) is 10.2 Å². The Morgan fingerprint density at radius 3 is 2.36 bits per heavy atom. The Morgan fingerprint density at radius 1 is 0.929 bits per heavy atom.